The molecule has 7 nitrogen and oxygen atoms in total. The van der Waals surface area contributed by atoms with Gasteiger partial charge in [-0.3, -0.25) is 5.01 Å². The molecule has 0 bridgehead atoms. The van der Waals surface area contributed by atoms with Gasteiger partial charge in [-0.15, -0.1) is 0 Å². The summed E-state index contributed by atoms with van der Waals surface area (Å²) in [7, 11) is 4.92. The fraction of sp³-hybridized carbons (Fsp3) is 0.150. The van der Waals surface area contributed by atoms with Crippen molar-refractivity contribution in [2.24, 2.45) is 5.10 Å². The number of nitrogens with zero attached hydrogens (tertiary/aromatic N) is 4. The van der Waals surface area contributed by atoms with Crippen LogP contribution in [0.3, 0.4) is 0 Å². The van der Waals surface area contributed by atoms with Crippen LogP contribution in [0.4, 0.5) is 5.69 Å². The zero-order chi connectivity index (χ0) is 19.1. The molecule has 0 radical (unpaired) electrons. The Morgan fingerprint density at radius 2 is 1.52 bits per heavy atom. The molecule has 138 valence electrons. The van der Waals surface area contributed by atoms with Crippen LogP contribution in [0.15, 0.2) is 65.8 Å². The lowest BCUT2D eigenvalue weighted by atomic mass is 10.2. The van der Waals surface area contributed by atoms with Gasteiger partial charge in [0.05, 0.1) is 32.2 Å². The molecule has 0 amide bonds. The predicted molar refractivity (Wildman–Crippen MR) is 104 cm³/mol. The Labute approximate surface area is 157 Å². The molecule has 2 aromatic carbocycles. The monoisotopic (exact) mass is 364 g/mol. The van der Waals surface area contributed by atoms with Gasteiger partial charge in [0.25, 0.3) is 0 Å². The minimum atomic E-state index is 0.128. The molecule has 0 fully saturated rings. The van der Waals surface area contributed by atoms with E-state index in [0.717, 1.165) is 11.3 Å². The van der Waals surface area contributed by atoms with Crippen LogP contribution in [-0.4, -0.2) is 37.4 Å². The van der Waals surface area contributed by atoms with Gasteiger partial charge in [-0.2, -0.15) is 15.1 Å². The normalized spacial score (nSPS) is 10.6. The van der Waals surface area contributed by atoms with Crippen LogP contribution in [0.2, 0.25) is 0 Å². The van der Waals surface area contributed by atoms with E-state index < -0.39 is 0 Å². The molecule has 3 rings (SSSR count). The van der Waals surface area contributed by atoms with Crippen molar-refractivity contribution in [2.45, 2.75) is 0 Å². The van der Waals surface area contributed by atoms with E-state index in [-0.39, 0.29) is 6.01 Å². The highest BCUT2D eigenvalue weighted by molar-refractivity contribution is 5.84. The molecular formula is C20H20N4O3. The zero-order valence-electron chi connectivity index (χ0n) is 15.4. The van der Waals surface area contributed by atoms with Crippen molar-refractivity contribution in [3.63, 3.8) is 0 Å². The summed E-state index contributed by atoms with van der Waals surface area (Å²) < 4.78 is 16.1. The Kier molecular flexibility index (Phi) is 5.84. The minimum absolute atomic E-state index is 0.128. The molecule has 0 N–H and O–H groups in total. The summed E-state index contributed by atoms with van der Waals surface area (Å²) in [5, 5.41) is 6.25. The Morgan fingerprint density at radius 1 is 0.889 bits per heavy atom. The van der Waals surface area contributed by atoms with Crippen LogP contribution in [-0.2, 0) is 0 Å². The van der Waals surface area contributed by atoms with Crippen molar-refractivity contribution in [1.82, 2.24) is 9.97 Å². The average Bonchev–Trinajstić information content (AvgIpc) is 2.73. The largest absolute Gasteiger partial charge is 0.481 e. The van der Waals surface area contributed by atoms with E-state index >= 15 is 0 Å². The zero-order valence-corrected chi connectivity index (χ0v) is 15.4. The van der Waals surface area contributed by atoms with Crippen molar-refractivity contribution in [3.8, 4) is 23.5 Å². The molecule has 1 heterocycles. The fourth-order valence-electron chi connectivity index (χ4n) is 2.28. The molecule has 0 spiro atoms. The Balaban J connectivity index is 1.83. The van der Waals surface area contributed by atoms with E-state index in [1.165, 1.54) is 14.2 Å². The standard InChI is InChI=1S/C20H20N4O3/c1-24(16-10-5-4-6-11-16)21-14-15-9-7-8-12-17(15)27-20-22-18(25-2)13-19(23-20)26-3/h4-14H,1-3H3/b21-14+. The first-order valence-corrected chi connectivity index (χ1v) is 8.26. The van der Waals surface area contributed by atoms with Gasteiger partial charge in [0.1, 0.15) is 5.75 Å². The van der Waals surface area contributed by atoms with Gasteiger partial charge in [-0.05, 0) is 24.3 Å². The molecule has 0 unspecified atom stereocenters. The van der Waals surface area contributed by atoms with Crippen LogP contribution in [0.25, 0.3) is 0 Å². The topological polar surface area (TPSA) is 69.1 Å². The number of methoxy groups -OCH3 is 2. The van der Waals surface area contributed by atoms with Gasteiger partial charge in [-0.1, -0.05) is 30.3 Å². The van der Waals surface area contributed by atoms with Crippen LogP contribution in [0.1, 0.15) is 5.56 Å². The molecule has 0 aliphatic carbocycles. The number of hydrogen-bond acceptors (Lipinski definition) is 7. The minimum Gasteiger partial charge on any atom is -0.481 e. The summed E-state index contributed by atoms with van der Waals surface area (Å²) in [6, 6.07) is 19.1. The van der Waals surface area contributed by atoms with E-state index in [4.69, 9.17) is 14.2 Å². The first-order valence-electron chi connectivity index (χ1n) is 8.26. The fourth-order valence-corrected chi connectivity index (χ4v) is 2.28. The van der Waals surface area contributed by atoms with Crippen molar-refractivity contribution >= 4 is 11.9 Å². The van der Waals surface area contributed by atoms with E-state index in [1.54, 1.807) is 17.3 Å². The molecule has 1 aromatic heterocycles. The summed E-state index contributed by atoms with van der Waals surface area (Å²) in [5.41, 5.74) is 1.76. The summed E-state index contributed by atoms with van der Waals surface area (Å²) in [6.07, 6.45) is 1.72. The molecule has 0 aliphatic rings. The first kappa shape index (κ1) is 18.2. The van der Waals surface area contributed by atoms with Gasteiger partial charge in [-0.25, -0.2) is 0 Å². The van der Waals surface area contributed by atoms with Gasteiger partial charge in [0, 0.05) is 12.6 Å². The van der Waals surface area contributed by atoms with E-state index in [9.17, 15) is 0 Å². The smallest absolute Gasteiger partial charge is 0.328 e. The van der Waals surface area contributed by atoms with Gasteiger partial charge in [0.2, 0.25) is 11.8 Å². The maximum Gasteiger partial charge on any atom is 0.328 e. The molecule has 3 aromatic rings. The van der Waals surface area contributed by atoms with E-state index in [0.29, 0.717) is 17.5 Å². The Morgan fingerprint density at radius 3 is 2.19 bits per heavy atom. The van der Waals surface area contributed by atoms with E-state index in [2.05, 4.69) is 15.1 Å². The van der Waals surface area contributed by atoms with Gasteiger partial charge >= 0.3 is 6.01 Å². The molecule has 0 saturated carbocycles. The highest BCUT2D eigenvalue weighted by Gasteiger charge is 2.10. The molecule has 7 heteroatoms. The van der Waals surface area contributed by atoms with Crippen molar-refractivity contribution in [2.75, 3.05) is 26.3 Å². The number of hydrazone groups is 1. The lowest BCUT2D eigenvalue weighted by Crippen LogP contribution is -2.08. The molecule has 0 aliphatic heterocycles. The molecular weight excluding hydrogens is 344 g/mol. The summed E-state index contributed by atoms with van der Waals surface area (Å²) in [5.74, 6) is 1.27. The van der Waals surface area contributed by atoms with Crippen LogP contribution in [0, 0.1) is 0 Å². The van der Waals surface area contributed by atoms with E-state index in [1.807, 2.05) is 61.6 Å². The number of hydrogen-bond donors (Lipinski definition) is 0. The highest BCUT2D eigenvalue weighted by Crippen LogP contribution is 2.25. The highest BCUT2D eigenvalue weighted by atomic mass is 16.5. The average molecular weight is 364 g/mol. The molecule has 0 saturated heterocycles. The Bertz CT molecular complexity index is 894. The second kappa shape index (κ2) is 8.66. The SMILES string of the molecule is COc1cc(OC)nc(Oc2ccccc2/C=N/N(C)c2ccccc2)n1. The summed E-state index contributed by atoms with van der Waals surface area (Å²) in [6.45, 7) is 0. The Hall–Kier alpha value is -3.61. The predicted octanol–water partition coefficient (Wildman–Crippen LogP) is 3.76. The quantitative estimate of drug-likeness (QED) is 0.470. The van der Waals surface area contributed by atoms with Gasteiger partial charge < -0.3 is 14.2 Å². The number of para-hydroxylation sites is 2. The van der Waals surface area contributed by atoms with Crippen molar-refractivity contribution in [3.05, 3.63) is 66.2 Å². The number of aromatic nitrogens is 2. The van der Waals surface area contributed by atoms with Crippen molar-refractivity contribution < 1.29 is 14.2 Å². The maximum atomic E-state index is 5.84. The van der Waals surface area contributed by atoms with Crippen LogP contribution >= 0.6 is 0 Å². The second-order valence-corrected chi connectivity index (χ2v) is 5.48. The third-order valence-electron chi connectivity index (χ3n) is 3.70. The second-order valence-electron chi connectivity index (χ2n) is 5.48. The number of rotatable bonds is 7. The van der Waals surface area contributed by atoms with Crippen LogP contribution < -0.4 is 19.2 Å². The van der Waals surface area contributed by atoms with Gasteiger partial charge in [0.15, 0.2) is 0 Å². The lowest BCUT2D eigenvalue weighted by molar-refractivity contribution is 0.348. The third-order valence-corrected chi connectivity index (χ3v) is 3.70. The molecule has 27 heavy (non-hydrogen) atoms. The summed E-state index contributed by atoms with van der Waals surface area (Å²) >= 11 is 0. The lowest BCUT2D eigenvalue weighted by Gasteiger charge is -2.13. The molecule has 0 atom stereocenters. The first-order chi connectivity index (χ1) is 13.2. The number of anilines is 1. The number of benzene rings is 2. The van der Waals surface area contributed by atoms with Crippen LogP contribution in [0.5, 0.6) is 23.5 Å². The summed E-state index contributed by atoms with van der Waals surface area (Å²) in [4.78, 5) is 8.38. The maximum absolute atomic E-state index is 5.84. The third kappa shape index (κ3) is 4.72. The number of ether oxygens (including phenoxy) is 3. The van der Waals surface area contributed by atoms with Crippen molar-refractivity contribution in [1.29, 1.82) is 0 Å².